The molecule has 0 bridgehead atoms. The van der Waals surface area contributed by atoms with Crippen LogP contribution < -0.4 is 0 Å². The minimum atomic E-state index is -3.54. The highest BCUT2D eigenvalue weighted by atomic mass is 35.7. The van der Waals surface area contributed by atoms with Gasteiger partial charge in [0.2, 0.25) is 9.05 Å². The van der Waals surface area contributed by atoms with E-state index in [4.69, 9.17) is 10.7 Å². The Morgan fingerprint density at radius 1 is 1.67 bits per heavy atom. The molecule has 0 aromatic carbocycles. The standard InChI is InChI=1S/C6H9ClN2O2S/c1-5(12(7,10)11)6-3-4-8-9(6)2/h3-5H,1-2H3. The molecule has 1 atom stereocenters. The van der Waals surface area contributed by atoms with Crippen molar-refractivity contribution in [2.24, 2.45) is 7.05 Å². The Morgan fingerprint density at radius 2 is 2.25 bits per heavy atom. The molecule has 6 heteroatoms. The molecule has 0 saturated carbocycles. The first-order chi connectivity index (χ1) is 5.43. The molecular weight excluding hydrogens is 200 g/mol. The van der Waals surface area contributed by atoms with Crippen molar-refractivity contribution < 1.29 is 8.42 Å². The van der Waals surface area contributed by atoms with E-state index in [1.165, 1.54) is 17.8 Å². The van der Waals surface area contributed by atoms with Crippen LogP contribution in [0, 0.1) is 0 Å². The fourth-order valence-corrected chi connectivity index (χ4v) is 1.72. The van der Waals surface area contributed by atoms with Crippen LogP contribution in [0.15, 0.2) is 12.3 Å². The summed E-state index contributed by atoms with van der Waals surface area (Å²) in [5.41, 5.74) is 0.588. The molecular formula is C6H9ClN2O2S. The molecule has 1 unspecified atom stereocenters. The van der Waals surface area contributed by atoms with Gasteiger partial charge in [0.25, 0.3) is 0 Å². The van der Waals surface area contributed by atoms with Gasteiger partial charge in [-0.05, 0) is 13.0 Å². The summed E-state index contributed by atoms with van der Waals surface area (Å²) in [5, 5.41) is 3.13. The Morgan fingerprint density at radius 3 is 2.58 bits per heavy atom. The molecule has 68 valence electrons. The maximum absolute atomic E-state index is 10.9. The fraction of sp³-hybridized carbons (Fsp3) is 0.500. The van der Waals surface area contributed by atoms with E-state index < -0.39 is 14.3 Å². The minimum absolute atomic E-state index is 0.588. The second-order valence-electron chi connectivity index (χ2n) is 2.50. The number of nitrogens with zero attached hydrogens (tertiary/aromatic N) is 2. The van der Waals surface area contributed by atoms with Crippen molar-refractivity contribution in [2.45, 2.75) is 12.2 Å². The van der Waals surface area contributed by atoms with Crippen LogP contribution in [0.3, 0.4) is 0 Å². The van der Waals surface area contributed by atoms with Gasteiger partial charge in [-0.1, -0.05) is 0 Å². The number of halogens is 1. The predicted octanol–water partition coefficient (Wildman–Crippen LogP) is 1.05. The zero-order valence-corrected chi connectivity index (χ0v) is 8.30. The molecule has 4 nitrogen and oxygen atoms in total. The van der Waals surface area contributed by atoms with E-state index in [1.807, 2.05) is 0 Å². The van der Waals surface area contributed by atoms with Crippen molar-refractivity contribution in [3.63, 3.8) is 0 Å². The Hall–Kier alpha value is -0.550. The number of aromatic nitrogens is 2. The van der Waals surface area contributed by atoms with Gasteiger partial charge in [-0.3, -0.25) is 4.68 Å². The molecule has 12 heavy (non-hydrogen) atoms. The molecule has 0 amide bonds. The molecule has 1 aromatic rings. The van der Waals surface area contributed by atoms with Crippen LogP contribution in [0.25, 0.3) is 0 Å². The van der Waals surface area contributed by atoms with E-state index in [0.29, 0.717) is 5.69 Å². The van der Waals surface area contributed by atoms with Crippen LogP contribution in [-0.2, 0) is 16.1 Å². The number of rotatable bonds is 2. The van der Waals surface area contributed by atoms with E-state index in [2.05, 4.69) is 5.10 Å². The van der Waals surface area contributed by atoms with Crippen LogP contribution in [0.5, 0.6) is 0 Å². The summed E-state index contributed by atoms with van der Waals surface area (Å²) in [6, 6.07) is 1.63. The Bertz CT molecular complexity index is 371. The topological polar surface area (TPSA) is 52.0 Å². The van der Waals surface area contributed by atoms with Gasteiger partial charge in [0, 0.05) is 23.9 Å². The van der Waals surface area contributed by atoms with Gasteiger partial charge in [0.05, 0.1) is 5.69 Å². The predicted molar refractivity (Wildman–Crippen MR) is 46.4 cm³/mol. The summed E-state index contributed by atoms with van der Waals surface area (Å²) >= 11 is 0. The summed E-state index contributed by atoms with van der Waals surface area (Å²) in [6.45, 7) is 1.53. The van der Waals surface area contributed by atoms with Gasteiger partial charge in [-0.2, -0.15) is 5.10 Å². The van der Waals surface area contributed by atoms with Crippen molar-refractivity contribution in [3.05, 3.63) is 18.0 Å². The summed E-state index contributed by atoms with van der Waals surface area (Å²) in [4.78, 5) is 0. The zero-order valence-electron chi connectivity index (χ0n) is 6.73. The molecule has 0 aliphatic heterocycles. The normalized spacial score (nSPS) is 14.6. The molecule has 0 spiro atoms. The second-order valence-corrected chi connectivity index (χ2v) is 5.45. The lowest BCUT2D eigenvalue weighted by Gasteiger charge is -2.06. The number of hydrogen-bond acceptors (Lipinski definition) is 3. The molecule has 0 saturated heterocycles. The smallest absolute Gasteiger partial charge is 0.240 e. The van der Waals surface area contributed by atoms with Gasteiger partial charge in [0.1, 0.15) is 5.25 Å². The average Bonchev–Trinajstić information content (AvgIpc) is 2.31. The van der Waals surface area contributed by atoms with Crippen LogP contribution in [-0.4, -0.2) is 18.2 Å². The molecule has 0 aliphatic rings. The zero-order chi connectivity index (χ0) is 9.35. The first-order valence-corrected chi connectivity index (χ1v) is 5.71. The van der Waals surface area contributed by atoms with Crippen molar-refractivity contribution in [1.82, 2.24) is 9.78 Å². The molecule has 1 heterocycles. The molecule has 1 aromatic heterocycles. The van der Waals surface area contributed by atoms with Crippen LogP contribution in [0.4, 0.5) is 0 Å². The number of hydrogen-bond donors (Lipinski definition) is 0. The van der Waals surface area contributed by atoms with Crippen LogP contribution in [0.2, 0.25) is 0 Å². The lowest BCUT2D eigenvalue weighted by molar-refractivity contribution is 0.593. The summed E-state index contributed by atoms with van der Waals surface area (Å²) in [6.07, 6.45) is 1.54. The minimum Gasteiger partial charge on any atom is -0.271 e. The van der Waals surface area contributed by atoms with Gasteiger partial charge in [0.15, 0.2) is 0 Å². The van der Waals surface area contributed by atoms with Gasteiger partial charge >= 0.3 is 0 Å². The summed E-state index contributed by atoms with van der Waals surface area (Å²) in [5.74, 6) is 0. The highest BCUT2D eigenvalue weighted by Gasteiger charge is 2.21. The van der Waals surface area contributed by atoms with Gasteiger partial charge in [-0.15, -0.1) is 0 Å². The second kappa shape index (κ2) is 3.06. The quantitative estimate of drug-likeness (QED) is 0.683. The number of aryl methyl sites for hydroxylation is 1. The summed E-state index contributed by atoms with van der Waals surface area (Å²) in [7, 11) is 3.32. The largest absolute Gasteiger partial charge is 0.271 e. The maximum atomic E-state index is 10.9. The van der Waals surface area contributed by atoms with E-state index in [0.717, 1.165) is 0 Å². The van der Waals surface area contributed by atoms with E-state index in [9.17, 15) is 8.42 Å². The SMILES string of the molecule is CC(c1ccnn1C)S(=O)(=O)Cl. The average molecular weight is 209 g/mol. The third-order valence-corrected chi connectivity index (χ3v) is 3.59. The fourth-order valence-electron chi connectivity index (χ4n) is 0.927. The Balaban J connectivity index is 3.09. The highest BCUT2D eigenvalue weighted by Crippen LogP contribution is 2.23. The lowest BCUT2D eigenvalue weighted by Crippen LogP contribution is -2.08. The molecule has 0 aliphatic carbocycles. The van der Waals surface area contributed by atoms with Crippen molar-refractivity contribution >= 4 is 19.7 Å². The first kappa shape index (κ1) is 9.54. The molecule has 0 radical (unpaired) electrons. The molecule has 1 rings (SSSR count). The third kappa shape index (κ3) is 1.78. The monoisotopic (exact) mass is 208 g/mol. The molecule has 0 fully saturated rings. The Labute approximate surface area is 75.6 Å². The van der Waals surface area contributed by atoms with Crippen molar-refractivity contribution in [2.75, 3.05) is 0 Å². The van der Waals surface area contributed by atoms with E-state index in [1.54, 1.807) is 13.1 Å². The lowest BCUT2D eigenvalue weighted by atomic mass is 10.3. The first-order valence-electron chi connectivity index (χ1n) is 3.34. The maximum Gasteiger partial charge on any atom is 0.240 e. The van der Waals surface area contributed by atoms with Crippen molar-refractivity contribution in [1.29, 1.82) is 0 Å². The van der Waals surface area contributed by atoms with Crippen LogP contribution in [0.1, 0.15) is 17.9 Å². The summed E-state index contributed by atoms with van der Waals surface area (Å²) < 4.78 is 23.3. The van der Waals surface area contributed by atoms with E-state index in [-0.39, 0.29) is 0 Å². The van der Waals surface area contributed by atoms with Crippen molar-refractivity contribution in [3.8, 4) is 0 Å². The van der Waals surface area contributed by atoms with Crippen LogP contribution >= 0.6 is 10.7 Å². The Kier molecular flexibility index (Phi) is 2.44. The van der Waals surface area contributed by atoms with Gasteiger partial charge < -0.3 is 0 Å². The highest BCUT2D eigenvalue weighted by molar-refractivity contribution is 8.13. The van der Waals surface area contributed by atoms with Gasteiger partial charge in [-0.25, -0.2) is 8.42 Å². The molecule has 0 N–H and O–H groups in total. The van der Waals surface area contributed by atoms with E-state index >= 15 is 0 Å². The third-order valence-electron chi connectivity index (χ3n) is 1.70.